The fourth-order valence-corrected chi connectivity index (χ4v) is 2.92. The van der Waals surface area contributed by atoms with Crippen molar-refractivity contribution in [1.82, 2.24) is 4.98 Å². The molecular weight excluding hydrogens is 395 g/mol. The highest BCUT2D eigenvalue weighted by molar-refractivity contribution is 9.10. The van der Waals surface area contributed by atoms with Crippen LogP contribution in [0, 0.1) is 5.82 Å². The first-order valence-electron chi connectivity index (χ1n) is 7.00. The molecule has 122 valence electrons. The van der Waals surface area contributed by atoms with Crippen molar-refractivity contribution in [2.45, 2.75) is 0 Å². The number of anilines is 1. The van der Waals surface area contributed by atoms with Crippen LogP contribution >= 0.6 is 27.3 Å². The molecule has 2 aromatic carbocycles. The summed E-state index contributed by atoms with van der Waals surface area (Å²) in [6, 6.07) is 13.3. The van der Waals surface area contributed by atoms with Crippen LogP contribution in [0.4, 0.5) is 9.52 Å². The van der Waals surface area contributed by atoms with Crippen molar-refractivity contribution in [1.29, 1.82) is 0 Å². The summed E-state index contributed by atoms with van der Waals surface area (Å²) < 4.78 is 19.3. The van der Waals surface area contributed by atoms with Gasteiger partial charge >= 0.3 is 0 Å². The first-order valence-corrected chi connectivity index (χ1v) is 8.67. The van der Waals surface area contributed by atoms with Crippen molar-refractivity contribution in [2.75, 3.05) is 11.9 Å². The Kier molecular flexibility index (Phi) is 5.22. The van der Waals surface area contributed by atoms with Crippen LogP contribution in [0.3, 0.4) is 0 Å². The molecule has 1 amide bonds. The summed E-state index contributed by atoms with van der Waals surface area (Å²) in [6.45, 7) is -0.104. The van der Waals surface area contributed by atoms with E-state index in [9.17, 15) is 9.18 Å². The van der Waals surface area contributed by atoms with E-state index in [2.05, 4.69) is 26.2 Å². The molecule has 0 aliphatic heterocycles. The Morgan fingerprint density at radius 3 is 2.58 bits per heavy atom. The van der Waals surface area contributed by atoms with Gasteiger partial charge in [0.05, 0.1) is 5.69 Å². The lowest BCUT2D eigenvalue weighted by atomic mass is 10.2. The van der Waals surface area contributed by atoms with Gasteiger partial charge in [-0.3, -0.25) is 10.1 Å². The van der Waals surface area contributed by atoms with E-state index in [1.165, 1.54) is 23.5 Å². The maximum Gasteiger partial charge on any atom is 0.264 e. The number of nitrogens with one attached hydrogen (secondary N) is 1. The number of hydrogen-bond donors (Lipinski definition) is 1. The second kappa shape index (κ2) is 7.55. The zero-order valence-corrected chi connectivity index (χ0v) is 14.7. The van der Waals surface area contributed by atoms with Crippen molar-refractivity contribution in [3.8, 4) is 17.0 Å². The quantitative estimate of drug-likeness (QED) is 0.666. The fourth-order valence-electron chi connectivity index (χ4n) is 1.92. The summed E-state index contributed by atoms with van der Waals surface area (Å²) in [7, 11) is 0. The second-order valence-corrected chi connectivity index (χ2v) is 6.61. The predicted octanol–water partition coefficient (Wildman–Crippen LogP) is 4.73. The first-order chi connectivity index (χ1) is 11.6. The lowest BCUT2D eigenvalue weighted by molar-refractivity contribution is -0.118. The number of aromatic nitrogens is 1. The molecule has 0 atom stereocenters. The molecular formula is C17H12BrFN2O2S. The van der Waals surface area contributed by atoms with Gasteiger partial charge in [0.25, 0.3) is 5.91 Å². The summed E-state index contributed by atoms with van der Waals surface area (Å²) in [4.78, 5) is 16.2. The number of carbonyl (C=O) groups excluding carboxylic acids is 1. The van der Waals surface area contributed by atoms with E-state index in [1.807, 2.05) is 12.1 Å². The van der Waals surface area contributed by atoms with Crippen LogP contribution in [0.25, 0.3) is 11.3 Å². The van der Waals surface area contributed by atoms with Crippen LogP contribution in [0.1, 0.15) is 0 Å². The monoisotopic (exact) mass is 406 g/mol. The predicted molar refractivity (Wildman–Crippen MR) is 95.8 cm³/mol. The average Bonchev–Trinajstić information content (AvgIpc) is 3.03. The van der Waals surface area contributed by atoms with E-state index in [0.717, 1.165) is 10.0 Å². The number of ether oxygens (including phenoxy) is 1. The summed E-state index contributed by atoms with van der Waals surface area (Å²) in [5, 5.41) is 4.96. The smallest absolute Gasteiger partial charge is 0.264 e. The summed E-state index contributed by atoms with van der Waals surface area (Å²) >= 11 is 4.63. The van der Waals surface area contributed by atoms with Gasteiger partial charge in [0, 0.05) is 15.4 Å². The third-order valence-electron chi connectivity index (χ3n) is 3.07. The highest BCUT2D eigenvalue weighted by Gasteiger charge is 2.09. The Bertz CT molecular complexity index is 835. The van der Waals surface area contributed by atoms with Gasteiger partial charge in [0.2, 0.25) is 0 Å². The Morgan fingerprint density at radius 2 is 1.88 bits per heavy atom. The minimum Gasteiger partial charge on any atom is -0.484 e. The maximum absolute atomic E-state index is 12.9. The third kappa shape index (κ3) is 4.39. The molecule has 7 heteroatoms. The fraction of sp³-hybridized carbons (Fsp3) is 0.0588. The first kappa shape index (κ1) is 16.6. The molecule has 0 saturated carbocycles. The largest absolute Gasteiger partial charge is 0.484 e. The van der Waals surface area contributed by atoms with Gasteiger partial charge in [-0.25, -0.2) is 9.37 Å². The van der Waals surface area contributed by atoms with Crippen LogP contribution in [-0.2, 0) is 4.79 Å². The summed E-state index contributed by atoms with van der Waals surface area (Å²) in [6.07, 6.45) is 0. The molecule has 0 aliphatic carbocycles. The molecule has 0 fully saturated rings. The topological polar surface area (TPSA) is 51.2 Å². The zero-order chi connectivity index (χ0) is 16.9. The Labute approximate surface area is 150 Å². The van der Waals surface area contributed by atoms with Gasteiger partial charge in [0.1, 0.15) is 11.6 Å². The van der Waals surface area contributed by atoms with Crippen LogP contribution in [-0.4, -0.2) is 17.5 Å². The van der Waals surface area contributed by atoms with Crippen molar-refractivity contribution < 1.29 is 13.9 Å². The van der Waals surface area contributed by atoms with Gasteiger partial charge in [-0.15, -0.1) is 11.3 Å². The number of rotatable bonds is 5. The third-order valence-corrected chi connectivity index (χ3v) is 4.36. The Morgan fingerprint density at radius 1 is 1.17 bits per heavy atom. The van der Waals surface area contributed by atoms with Crippen LogP contribution in [0.2, 0.25) is 0 Å². The lowest BCUT2D eigenvalue weighted by Gasteiger charge is -2.05. The summed E-state index contributed by atoms with van der Waals surface area (Å²) in [5.74, 6) is 0.0185. The molecule has 1 heterocycles. The van der Waals surface area contributed by atoms with E-state index < -0.39 is 0 Å². The highest BCUT2D eigenvalue weighted by Crippen LogP contribution is 2.25. The molecule has 0 saturated heterocycles. The number of thiazole rings is 1. The van der Waals surface area contributed by atoms with Gasteiger partial charge in [0.15, 0.2) is 11.7 Å². The van der Waals surface area contributed by atoms with E-state index >= 15 is 0 Å². The number of halogens is 2. The van der Waals surface area contributed by atoms with Crippen molar-refractivity contribution in [3.05, 3.63) is 64.2 Å². The molecule has 1 aromatic heterocycles. The normalized spacial score (nSPS) is 10.4. The molecule has 0 aliphatic rings. The molecule has 3 aromatic rings. The van der Waals surface area contributed by atoms with E-state index in [-0.39, 0.29) is 18.3 Å². The highest BCUT2D eigenvalue weighted by atomic mass is 79.9. The van der Waals surface area contributed by atoms with Crippen LogP contribution in [0.15, 0.2) is 58.4 Å². The second-order valence-electron chi connectivity index (χ2n) is 4.84. The number of benzene rings is 2. The number of nitrogens with zero attached hydrogens (tertiary/aromatic N) is 1. The SMILES string of the molecule is O=C(COc1ccc(Br)cc1)Nc1nc(-c2ccc(F)cc2)cs1. The van der Waals surface area contributed by atoms with E-state index in [0.29, 0.717) is 16.6 Å². The molecule has 0 spiro atoms. The maximum atomic E-state index is 12.9. The molecule has 0 unspecified atom stereocenters. The van der Waals surface area contributed by atoms with Gasteiger partial charge in [-0.05, 0) is 48.5 Å². The number of hydrogen-bond acceptors (Lipinski definition) is 4. The zero-order valence-electron chi connectivity index (χ0n) is 12.3. The van der Waals surface area contributed by atoms with Gasteiger partial charge < -0.3 is 4.74 Å². The van der Waals surface area contributed by atoms with Crippen LogP contribution in [0.5, 0.6) is 5.75 Å². The molecule has 1 N–H and O–H groups in total. The Balaban J connectivity index is 1.57. The minimum atomic E-state index is -0.299. The molecule has 4 nitrogen and oxygen atoms in total. The average molecular weight is 407 g/mol. The van der Waals surface area contributed by atoms with E-state index in [1.54, 1.807) is 29.6 Å². The number of amides is 1. The van der Waals surface area contributed by atoms with Crippen molar-refractivity contribution in [3.63, 3.8) is 0 Å². The molecule has 24 heavy (non-hydrogen) atoms. The van der Waals surface area contributed by atoms with Gasteiger partial charge in [-0.2, -0.15) is 0 Å². The van der Waals surface area contributed by atoms with Gasteiger partial charge in [-0.1, -0.05) is 15.9 Å². The van der Waals surface area contributed by atoms with E-state index in [4.69, 9.17) is 4.74 Å². The molecule has 3 rings (SSSR count). The Hall–Kier alpha value is -2.25. The summed E-state index contributed by atoms with van der Waals surface area (Å²) in [5.41, 5.74) is 1.48. The van der Waals surface area contributed by atoms with Crippen LogP contribution < -0.4 is 10.1 Å². The minimum absolute atomic E-state index is 0.104. The molecule has 0 bridgehead atoms. The number of carbonyl (C=O) groups is 1. The molecule has 0 radical (unpaired) electrons. The lowest BCUT2D eigenvalue weighted by Crippen LogP contribution is -2.20. The standard InChI is InChI=1S/C17H12BrFN2O2S/c18-12-3-7-14(8-4-12)23-9-16(22)21-17-20-15(10-24-17)11-1-5-13(19)6-2-11/h1-8,10H,9H2,(H,20,21,22). The van der Waals surface area contributed by atoms with Crippen molar-refractivity contribution in [2.24, 2.45) is 0 Å². The van der Waals surface area contributed by atoms with Crippen molar-refractivity contribution >= 4 is 38.3 Å².